The maximum Gasteiger partial charge on any atom is 0.135 e. The summed E-state index contributed by atoms with van der Waals surface area (Å²) in [6.45, 7) is 7.88. The first-order chi connectivity index (χ1) is 7.11. The highest BCUT2D eigenvalue weighted by Gasteiger charge is 2.13. The van der Waals surface area contributed by atoms with E-state index in [2.05, 4.69) is 13.8 Å². The van der Waals surface area contributed by atoms with Gasteiger partial charge in [0.2, 0.25) is 0 Å². The van der Waals surface area contributed by atoms with Crippen molar-refractivity contribution in [1.29, 1.82) is 0 Å². The topological polar surface area (TPSA) is 34.1 Å². The molecule has 0 bridgehead atoms. The van der Waals surface area contributed by atoms with Crippen LogP contribution in [0, 0.1) is 12.8 Å². The van der Waals surface area contributed by atoms with Gasteiger partial charge in [0.1, 0.15) is 11.6 Å². The van der Waals surface area contributed by atoms with Gasteiger partial charge in [-0.15, -0.1) is 0 Å². The van der Waals surface area contributed by atoms with Crippen molar-refractivity contribution in [1.82, 2.24) is 0 Å². The van der Waals surface area contributed by atoms with Gasteiger partial charge in [-0.25, -0.2) is 0 Å². The molecule has 0 saturated carbocycles. The number of Topliss-reactive ketones (excluding diaryl/α,β-unsaturated/α-hetero) is 2. The van der Waals surface area contributed by atoms with Crippen LogP contribution in [0.1, 0.15) is 58.8 Å². The second-order valence-corrected chi connectivity index (χ2v) is 4.09. The summed E-state index contributed by atoms with van der Waals surface area (Å²) in [5, 5.41) is 0. The van der Waals surface area contributed by atoms with Crippen molar-refractivity contribution in [3.63, 3.8) is 0 Å². The van der Waals surface area contributed by atoms with Gasteiger partial charge in [-0.1, -0.05) is 20.3 Å². The molecular formula is C13H23O2. The monoisotopic (exact) mass is 211 g/mol. The van der Waals surface area contributed by atoms with Crippen LogP contribution in [0.5, 0.6) is 0 Å². The van der Waals surface area contributed by atoms with Crippen molar-refractivity contribution in [2.45, 2.75) is 58.8 Å². The molecule has 0 N–H and O–H groups in total. The van der Waals surface area contributed by atoms with Gasteiger partial charge in [0.25, 0.3) is 0 Å². The minimum Gasteiger partial charge on any atom is -0.300 e. The number of ketones is 2. The molecular weight excluding hydrogens is 188 g/mol. The van der Waals surface area contributed by atoms with Gasteiger partial charge in [-0.3, -0.25) is 9.59 Å². The van der Waals surface area contributed by atoms with Gasteiger partial charge < -0.3 is 0 Å². The smallest absolute Gasteiger partial charge is 0.135 e. The molecule has 1 unspecified atom stereocenters. The van der Waals surface area contributed by atoms with E-state index in [1.807, 2.05) is 6.92 Å². The van der Waals surface area contributed by atoms with Crippen LogP contribution < -0.4 is 0 Å². The minimum absolute atomic E-state index is 0.183. The summed E-state index contributed by atoms with van der Waals surface area (Å²) < 4.78 is 0. The number of hydrogen-bond donors (Lipinski definition) is 0. The van der Waals surface area contributed by atoms with Crippen LogP contribution in [0.25, 0.3) is 0 Å². The van der Waals surface area contributed by atoms with Crippen molar-refractivity contribution >= 4 is 11.6 Å². The molecule has 1 atom stereocenters. The average molecular weight is 211 g/mol. The summed E-state index contributed by atoms with van der Waals surface area (Å²) in [5.41, 5.74) is 0. The summed E-state index contributed by atoms with van der Waals surface area (Å²) in [6.07, 6.45) is 5.26. The average Bonchev–Trinajstić information content (AvgIpc) is 2.22. The summed E-state index contributed by atoms with van der Waals surface area (Å²) in [4.78, 5) is 22.7. The molecule has 87 valence electrons. The molecule has 0 rings (SSSR count). The Morgan fingerprint density at radius 3 is 2.27 bits per heavy atom. The first-order valence-electron chi connectivity index (χ1n) is 5.99. The van der Waals surface area contributed by atoms with Crippen LogP contribution in [0.2, 0.25) is 0 Å². The first kappa shape index (κ1) is 14.3. The maximum atomic E-state index is 11.5. The van der Waals surface area contributed by atoms with Gasteiger partial charge in [-0.05, 0) is 26.2 Å². The van der Waals surface area contributed by atoms with Crippen molar-refractivity contribution in [3.8, 4) is 0 Å². The highest BCUT2D eigenvalue weighted by molar-refractivity contribution is 5.83. The fourth-order valence-electron chi connectivity index (χ4n) is 1.46. The Bertz CT molecular complexity index is 197. The summed E-state index contributed by atoms with van der Waals surface area (Å²) in [7, 11) is 0. The molecule has 2 heteroatoms. The predicted octanol–water partition coefficient (Wildman–Crippen LogP) is 3.35. The second kappa shape index (κ2) is 8.63. The van der Waals surface area contributed by atoms with Crippen LogP contribution in [0.3, 0.4) is 0 Å². The third-order valence-electron chi connectivity index (χ3n) is 2.53. The molecule has 0 aromatic carbocycles. The molecule has 0 aromatic rings. The third kappa shape index (κ3) is 7.29. The van der Waals surface area contributed by atoms with Gasteiger partial charge in [0, 0.05) is 25.2 Å². The number of carbonyl (C=O) groups is 2. The summed E-state index contributed by atoms with van der Waals surface area (Å²) in [5.74, 6) is 0.285. The lowest BCUT2D eigenvalue weighted by atomic mass is 9.95. The highest BCUT2D eigenvalue weighted by Crippen LogP contribution is 2.12. The fraction of sp³-hybridized carbons (Fsp3) is 0.769. The molecule has 15 heavy (non-hydrogen) atoms. The number of carbonyl (C=O) groups excluding carboxylic acids is 2. The van der Waals surface area contributed by atoms with Crippen molar-refractivity contribution in [3.05, 3.63) is 6.92 Å². The Kier molecular flexibility index (Phi) is 8.25. The van der Waals surface area contributed by atoms with Crippen LogP contribution >= 0.6 is 0 Å². The molecule has 0 amide bonds. The Labute approximate surface area is 93.4 Å². The number of hydrogen-bond acceptors (Lipinski definition) is 2. The molecule has 0 saturated heterocycles. The second-order valence-electron chi connectivity index (χ2n) is 4.09. The van der Waals surface area contributed by atoms with E-state index in [9.17, 15) is 9.59 Å². The molecule has 0 aliphatic heterocycles. The van der Waals surface area contributed by atoms with Crippen LogP contribution in [-0.4, -0.2) is 11.6 Å². The van der Waals surface area contributed by atoms with E-state index in [4.69, 9.17) is 0 Å². The third-order valence-corrected chi connectivity index (χ3v) is 2.53. The summed E-state index contributed by atoms with van der Waals surface area (Å²) >= 11 is 0. The number of rotatable bonds is 9. The van der Waals surface area contributed by atoms with Crippen molar-refractivity contribution in [2.24, 2.45) is 5.92 Å². The molecule has 0 aromatic heterocycles. The zero-order valence-corrected chi connectivity index (χ0v) is 10.1. The predicted molar refractivity (Wildman–Crippen MR) is 62.5 cm³/mol. The quantitative estimate of drug-likeness (QED) is 0.586. The van der Waals surface area contributed by atoms with E-state index in [0.29, 0.717) is 25.7 Å². The van der Waals surface area contributed by atoms with E-state index in [-0.39, 0.29) is 17.5 Å². The molecule has 0 aliphatic carbocycles. The Morgan fingerprint density at radius 2 is 1.73 bits per heavy atom. The first-order valence-corrected chi connectivity index (χ1v) is 5.99. The molecule has 2 nitrogen and oxygen atoms in total. The van der Waals surface area contributed by atoms with Crippen LogP contribution in [-0.2, 0) is 9.59 Å². The lowest BCUT2D eigenvalue weighted by Crippen LogP contribution is -2.12. The maximum absolute atomic E-state index is 11.5. The molecule has 0 fully saturated rings. The van der Waals surface area contributed by atoms with Crippen molar-refractivity contribution < 1.29 is 9.59 Å². The van der Waals surface area contributed by atoms with E-state index < -0.39 is 0 Å². The number of unbranched alkanes of at least 4 members (excludes halogenated alkanes) is 1. The van der Waals surface area contributed by atoms with Gasteiger partial charge in [0.15, 0.2) is 0 Å². The van der Waals surface area contributed by atoms with E-state index in [0.717, 1.165) is 19.3 Å². The minimum atomic E-state index is -0.183. The van der Waals surface area contributed by atoms with Crippen LogP contribution in [0.15, 0.2) is 0 Å². The van der Waals surface area contributed by atoms with Gasteiger partial charge in [-0.2, -0.15) is 0 Å². The van der Waals surface area contributed by atoms with Crippen molar-refractivity contribution in [2.75, 3.05) is 0 Å². The Morgan fingerprint density at radius 1 is 1.07 bits per heavy atom. The lowest BCUT2D eigenvalue weighted by molar-refractivity contribution is -0.122. The van der Waals surface area contributed by atoms with E-state index in [1.54, 1.807) is 0 Å². The SMILES string of the molecule is [CH2]C(CCC(=O)CCC)C(=O)CCCC. The Hall–Kier alpha value is -0.660. The summed E-state index contributed by atoms with van der Waals surface area (Å²) in [6, 6.07) is 0. The zero-order valence-electron chi connectivity index (χ0n) is 10.1. The molecule has 0 spiro atoms. The lowest BCUT2D eigenvalue weighted by Gasteiger charge is -2.08. The highest BCUT2D eigenvalue weighted by atomic mass is 16.1. The normalized spacial score (nSPS) is 12.5. The Balaban J connectivity index is 3.67. The van der Waals surface area contributed by atoms with E-state index >= 15 is 0 Å². The fourth-order valence-corrected chi connectivity index (χ4v) is 1.46. The van der Waals surface area contributed by atoms with Gasteiger partial charge >= 0.3 is 0 Å². The zero-order chi connectivity index (χ0) is 11.7. The standard InChI is InChI=1S/C13H23O2/c1-4-6-8-13(15)11(3)9-10-12(14)7-5-2/h11H,3-10H2,1-2H3. The van der Waals surface area contributed by atoms with Crippen LogP contribution in [0.4, 0.5) is 0 Å². The molecule has 0 aliphatic rings. The molecule has 1 radical (unpaired) electrons. The largest absolute Gasteiger partial charge is 0.300 e. The van der Waals surface area contributed by atoms with Gasteiger partial charge in [0.05, 0.1) is 0 Å². The van der Waals surface area contributed by atoms with E-state index in [1.165, 1.54) is 0 Å². The molecule has 0 heterocycles.